The van der Waals surface area contributed by atoms with E-state index >= 15 is 0 Å². The van der Waals surface area contributed by atoms with Gasteiger partial charge in [-0.2, -0.15) is 0 Å². The summed E-state index contributed by atoms with van der Waals surface area (Å²) >= 11 is 2.94. The molecule has 0 aliphatic heterocycles. The molecule has 1 unspecified atom stereocenters. The smallest absolute Gasteiger partial charge is 0.335 e. The topological polar surface area (TPSA) is 46.5 Å². The second-order valence-corrected chi connectivity index (χ2v) is 2.73. The molecule has 1 rings (SSSR count). The van der Waals surface area contributed by atoms with E-state index < -0.39 is 12.1 Å². The van der Waals surface area contributed by atoms with Crippen LogP contribution in [0.2, 0.25) is 0 Å². The number of aliphatic hydroxyl groups is 1. The summed E-state index contributed by atoms with van der Waals surface area (Å²) < 4.78 is 4.40. The summed E-state index contributed by atoms with van der Waals surface area (Å²) in [5.74, 6) is 1.22. The summed E-state index contributed by atoms with van der Waals surface area (Å²) in [7, 11) is 1.26. The molecule has 0 fully saturated rings. The van der Waals surface area contributed by atoms with Gasteiger partial charge in [0.25, 0.3) is 0 Å². The maximum Gasteiger partial charge on any atom is 0.335 e. The monoisotopic (exact) mass is 274 g/mol. The quantitative estimate of drug-likeness (QED) is 0.675. The molecule has 0 heterocycles. The number of hydrogen-bond acceptors (Lipinski definition) is 3. The number of ether oxygens (including phenoxy) is 1. The lowest BCUT2D eigenvalue weighted by molar-refractivity contribution is -0.150. The molecule has 0 aromatic heterocycles. The summed E-state index contributed by atoms with van der Waals surface area (Å²) in [4.78, 5) is 10.8. The Morgan fingerprint density at radius 3 is 2.40 bits per heavy atom. The van der Waals surface area contributed by atoms with Crippen molar-refractivity contribution in [1.29, 1.82) is 0 Å². The predicted molar refractivity (Wildman–Crippen MR) is 63.0 cm³/mol. The third-order valence-corrected chi connectivity index (χ3v) is 1.75. The van der Waals surface area contributed by atoms with Crippen LogP contribution >= 0.6 is 15.9 Å². The van der Waals surface area contributed by atoms with Crippen molar-refractivity contribution in [2.75, 3.05) is 12.9 Å². The molecule has 0 spiro atoms. The van der Waals surface area contributed by atoms with Crippen LogP contribution in [0.15, 0.2) is 30.3 Å². The largest absolute Gasteiger partial charge is 0.467 e. The summed E-state index contributed by atoms with van der Waals surface area (Å²) in [6.45, 7) is 0. The molecular weight excluding hydrogens is 260 g/mol. The van der Waals surface area contributed by atoms with Crippen LogP contribution in [-0.4, -0.2) is 30.1 Å². The van der Waals surface area contributed by atoms with E-state index in [1.54, 1.807) is 0 Å². The Bertz CT molecular complexity index is 274. The Hall–Kier alpha value is -0.870. The first-order valence-electron chi connectivity index (χ1n) is 4.41. The molecule has 0 aliphatic rings. The number of esters is 1. The van der Waals surface area contributed by atoms with Gasteiger partial charge in [0.05, 0.1) is 7.11 Å². The predicted octanol–water partition coefficient (Wildman–Crippen LogP) is 1.77. The molecule has 1 N–H and O–H groups in total. The number of halogens is 1. The summed E-state index contributed by atoms with van der Waals surface area (Å²) in [6, 6.07) is 9.31. The number of hydrogen-bond donors (Lipinski definition) is 1. The van der Waals surface area contributed by atoms with Crippen molar-refractivity contribution in [3.63, 3.8) is 0 Å². The van der Waals surface area contributed by atoms with Crippen LogP contribution in [-0.2, 0) is 16.0 Å². The van der Waals surface area contributed by atoms with Gasteiger partial charge in [0.15, 0.2) is 6.10 Å². The molecule has 1 aromatic carbocycles. The molecule has 0 radical (unpaired) electrons. The Balaban J connectivity index is 0.000000921. The Morgan fingerprint density at radius 1 is 1.40 bits per heavy atom. The van der Waals surface area contributed by atoms with Gasteiger partial charge in [-0.1, -0.05) is 46.3 Å². The fourth-order valence-corrected chi connectivity index (χ4v) is 1.06. The lowest BCUT2D eigenvalue weighted by atomic mass is 10.1. The van der Waals surface area contributed by atoms with Gasteiger partial charge in [0.1, 0.15) is 0 Å². The zero-order valence-corrected chi connectivity index (χ0v) is 10.4. The average Bonchev–Trinajstić information content (AvgIpc) is 2.32. The first-order chi connectivity index (χ1) is 7.24. The van der Waals surface area contributed by atoms with Crippen molar-refractivity contribution >= 4 is 21.9 Å². The lowest BCUT2D eigenvalue weighted by Crippen LogP contribution is -2.23. The number of carbonyl (C=O) groups excluding carboxylic acids is 1. The van der Waals surface area contributed by atoms with Crippen molar-refractivity contribution < 1.29 is 14.6 Å². The molecule has 0 saturated carbocycles. The van der Waals surface area contributed by atoms with E-state index in [2.05, 4.69) is 20.7 Å². The van der Waals surface area contributed by atoms with Crippen molar-refractivity contribution in [2.24, 2.45) is 0 Å². The van der Waals surface area contributed by atoms with Gasteiger partial charge in [-0.05, 0) is 11.4 Å². The standard InChI is InChI=1S/C10H12O3.CH3Br/c1-13-10(12)9(11)7-8-5-3-2-4-6-8;1-2/h2-6,9,11H,7H2,1H3;1H3. The van der Waals surface area contributed by atoms with Gasteiger partial charge in [0.2, 0.25) is 0 Å². The van der Waals surface area contributed by atoms with Crippen molar-refractivity contribution in [2.45, 2.75) is 12.5 Å². The molecule has 0 bridgehead atoms. The first-order valence-corrected chi connectivity index (χ1v) is 6.00. The van der Waals surface area contributed by atoms with E-state index in [0.717, 1.165) is 5.56 Å². The second-order valence-electron chi connectivity index (χ2n) is 2.73. The highest BCUT2D eigenvalue weighted by molar-refractivity contribution is 9.08. The van der Waals surface area contributed by atoms with Crippen molar-refractivity contribution in [3.8, 4) is 0 Å². The van der Waals surface area contributed by atoms with E-state index in [9.17, 15) is 9.90 Å². The van der Waals surface area contributed by atoms with Crippen LogP contribution in [0.1, 0.15) is 5.56 Å². The van der Waals surface area contributed by atoms with Crippen LogP contribution in [0.3, 0.4) is 0 Å². The minimum absolute atomic E-state index is 0.299. The Kier molecular flexibility index (Phi) is 7.95. The van der Waals surface area contributed by atoms with Crippen LogP contribution in [0.25, 0.3) is 0 Å². The van der Waals surface area contributed by atoms with Crippen molar-refractivity contribution in [3.05, 3.63) is 35.9 Å². The minimum Gasteiger partial charge on any atom is -0.467 e. The highest BCUT2D eigenvalue weighted by atomic mass is 79.9. The first kappa shape index (κ1) is 14.1. The van der Waals surface area contributed by atoms with Crippen LogP contribution < -0.4 is 0 Å². The zero-order chi connectivity index (χ0) is 11.7. The highest BCUT2D eigenvalue weighted by Crippen LogP contribution is 2.03. The van der Waals surface area contributed by atoms with E-state index in [1.165, 1.54) is 7.11 Å². The maximum atomic E-state index is 10.8. The van der Waals surface area contributed by atoms with Crippen LogP contribution in [0, 0.1) is 0 Å². The van der Waals surface area contributed by atoms with E-state index in [1.807, 2.05) is 36.2 Å². The molecule has 4 heteroatoms. The molecule has 0 saturated heterocycles. The van der Waals surface area contributed by atoms with Gasteiger partial charge in [-0.25, -0.2) is 4.79 Å². The van der Waals surface area contributed by atoms with Gasteiger partial charge >= 0.3 is 5.97 Å². The second kappa shape index (κ2) is 8.44. The number of rotatable bonds is 3. The highest BCUT2D eigenvalue weighted by Gasteiger charge is 2.14. The average molecular weight is 275 g/mol. The fraction of sp³-hybridized carbons (Fsp3) is 0.364. The van der Waals surface area contributed by atoms with E-state index in [4.69, 9.17) is 0 Å². The third-order valence-electron chi connectivity index (χ3n) is 1.75. The third kappa shape index (κ3) is 5.54. The molecule has 1 aromatic rings. The van der Waals surface area contributed by atoms with Gasteiger partial charge in [-0.15, -0.1) is 0 Å². The Morgan fingerprint density at radius 2 is 1.93 bits per heavy atom. The SMILES string of the molecule is CBr.COC(=O)C(O)Cc1ccccc1. The number of methoxy groups -OCH3 is 1. The van der Waals surface area contributed by atoms with E-state index in [0.29, 0.717) is 6.42 Å². The van der Waals surface area contributed by atoms with Gasteiger partial charge in [-0.3, -0.25) is 0 Å². The summed E-state index contributed by atoms with van der Waals surface area (Å²) in [5, 5.41) is 9.30. The maximum absolute atomic E-state index is 10.8. The fourth-order valence-electron chi connectivity index (χ4n) is 1.06. The molecular formula is C11H15BrO3. The van der Waals surface area contributed by atoms with Crippen molar-refractivity contribution in [1.82, 2.24) is 0 Å². The Labute approximate surface area is 98.2 Å². The zero-order valence-electron chi connectivity index (χ0n) is 8.81. The van der Waals surface area contributed by atoms with Crippen LogP contribution in [0.4, 0.5) is 0 Å². The van der Waals surface area contributed by atoms with E-state index in [-0.39, 0.29) is 0 Å². The number of alkyl halides is 1. The molecule has 84 valence electrons. The number of aliphatic hydroxyl groups excluding tert-OH is 1. The number of carbonyl (C=O) groups is 1. The molecule has 0 aliphatic carbocycles. The van der Waals surface area contributed by atoms with Gasteiger partial charge < -0.3 is 9.84 Å². The molecule has 15 heavy (non-hydrogen) atoms. The molecule has 1 atom stereocenters. The molecule has 3 nitrogen and oxygen atoms in total. The normalized spacial score (nSPS) is 10.9. The number of benzene rings is 1. The summed E-state index contributed by atoms with van der Waals surface area (Å²) in [6.07, 6.45) is -0.763. The minimum atomic E-state index is -1.06. The van der Waals surface area contributed by atoms with Gasteiger partial charge in [0, 0.05) is 6.42 Å². The molecule has 0 amide bonds. The summed E-state index contributed by atoms with van der Waals surface area (Å²) in [5.41, 5.74) is 0.917. The van der Waals surface area contributed by atoms with Crippen LogP contribution in [0.5, 0.6) is 0 Å². The lowest BCUT2D eigenvalue weighted by Gasteiger charge is -2.07.